The van der Waals surface area contributed by atoms with Gasteiger partial charge in [0.15, 0.2) is 17.3 Å². The van der Waals surface area contributed by atoms with Gasteiger partial charge < -0.3 is 43.4 Å². The molecule has 0 spiro atoms. The molecule has 0 aliphatic carbocycles. The number of imide groups is 1. The van der Waals surface area contributed by atoms with Crippen LogP contribution in [0.2, 0.25) is 5.02 Å². The average molecular weight is 1170 g/mol. The molecular formula is C54H71ClN8O15S2. The molecule has 0 unspecified atom stereocenters. The van der Waals surface area contributed by atoms with Gasteiger partial charge in [-0.05, 0) is 78.5 Å². The Balaban J connectivity index is 1.01. The zero-order valence-electron chi connectivity index (χ0n) is 46.8. The van der Waals surface area contributed by atoms with Gasteiger partial charge in [-0.15, -0.1) is 5.06 Å². The first-order chi connectivity index (χ1) is 37.6. The normalized spacial score (nSPS) is 26.0. The number of likely N-dealkylation sites (N-methyl/N-ethyl adjacent to an activating group) is 1. The van der Waals surface area contributed by atoms with Gasteiger partial charge in [-0.2, -0.15) is 5.10 Å². The number of aryl methyl sites for hydroxylation is 1. The molecule has 1 aromatic carbocycles. The summed E-state index contributed by atoms with van der Waals surface area (Å²) in [5.74, 6) is -3.47. The van der Waals surface area contributed by atoms with Gasteiger partial charge in [0, 0.05) is 69.7 Å². The van der Waals surface area contributed by atoms with Crippen molar-refractivity contribution in [2.24, 2.45) is 11.0 Å². The maximum Gasteiger partial charge on any atom is 0.409 e. The summed E-state index contributed by atoms with van der Waals surface area (Å²) in [5, 5.41) is 19.4. The van der Waals surface area contributed by atoms with Gasteiger partial charge in [-0.25, -0.2) is 29.8 Å². The van der Waals surface area contributed by atoms with Gasteiger partial charge in [0.1, 0.15) is 35.7 Å². The number of fused-ring (bicyclic) bond motifs is 5. The lowest BCUT2D eigenvalue weighted by molar-refractivity contribution is -0.197. The molecule has 3 saturated heterocycles. The van der Waals surface area contributed by atoms with Gasteiger partial charge in [0.05, 0.1) is 48.7 Å². The number of nitrogens with zero attached hydrogens (tertiary/aromatic N) is 6. The number of esters is 1. The number of halogens is 1. The second kappa shape index (κ2) is 27.1. The number of hydrazone groups is 1. The van der Waals surface area contributed by atoms with E-state index in [9.17, 15) is 43.5 Å². The SMILES string of the molecule is CO[C@@H]1/C=C/C=C(\C)Cc2cc(C)c(Cl)c(c2)N(C)C(=O)C[C@H](OC(=O)[C@H](C)N(C)C(=O)CCSSC(C)(C)CC(=O)N/N=C(\C)c2ncc(OCCCC(=O)ON3C(=O)CCC3=O)cn2)[C@]2(C)O[C@H]2[C@H](C)[C@@H]2C[C@@]1(O)NC(=O)O2. The number of benzene rings is 1. The third-order valence-corrected chi connectivity index (χ3v) is 17.9. The number of allylic oxidation sites excluding steroid dienone is 3. The fourth-order valence-corrected chi connectivity index (χ4v) is 11.9. The Morgan fingerprint density at radius 1 is 1.09 bits per heavy atom. The van der Waals surface area contributed by atoms with E-state index in [4.69, 9.17) is 40.1 Å². The van der Waals surface area contributed by atoms with E-state index in [0.717, 1.165) is 16.7 Å². The molecular weight excluding hydrogens is 1100 g/mol. The molecule has 0 radical (unpaired) electrons. The van der Waals surface area contributed by atoms with Crippen molar-refractivity contribution < 1.29 is 72.0 Å². The summed E-state index contributed by atoms with van der Waals surface area (Å²) in [7, 11) is 7.30. The largest absolute Gasteiger partial charge is 0.490 e. The Labute approximate surface area is 477 Å². The van der Waals surface area contributed by atoms with Gasteiger partial charge in [0.25, 0.3) is 11.8 Å². The number of epoxide rings is 1. The predicted octanol–water partition coefficient (Wildman–Crippen LogP) is 5.85. The number of rotatable bonds is 19. The molecule has 6 rings (SSSR count). The molecule has 0 saturated carbocycles. The lowest BCUT2D eigenvalue weighted by Crippen LogP contribution is -2.63. The number of ether oxygens (including phenoxy) is 5. The Morgan fingerprint density at radius 2 is 1.77 bits per heavy atom. The molecule has 4 aliphatic heterocycles. The molecule has 2 aromatic rings. The van der Waals surface area contributed by atoms with E-state index in [1.807, 2.05) is 45.9 Å². The number of alkyl carbamates (subject to hydrolysis) is 1. The topological polar surface area (TPSA) is 287 Å². The first-order valence-electron chi connectivity index (χ1n) is 26.1. The summed E-state index contributed by atoms with van der Waals surface area (Å²) < 4.78 is 28.9. The van der Waals surface area contributed by atoms with E-state index in [1.54, 1.807) is 40.0 Å². The minimum absolute atomic E-state index is 0.00721. The third kappa shape index (κ3) is 16.3. The maximum absolute atomic E-state index is 14.3. The van der Waals surface area contributed by atoms with Crippen LogP contribution in [0.1, 0.15) is 117 Å². The Bertz CT molecular complexity index is 2770. The lowest BCUT2D eigenvalue weighted by atomic mass is 9.83. The minimum atomic E-state index is -1.86. The fourth-order valence-electron chi connectivity index (χ4n) is 9.20. The maximum atomic E-state index is 14.3. The number of anilines is 1. The highest BCUT2D eigenvalue weighted by Crippen LogP contribution is 2.49. The van der Waals surface area contributed by atoms with E-state index in [1.165, 1.54) is 64.9 Å². The molecule has 4 bridgehead atoms. The quantitative estimate of drug-likeness (QED) is 0.0283. The highest BCUT2D eigenvalue weighted by Gasteiger charge is 2.64. The van der Waals surface area contributed by atoms with Crippen molar-refractivity contribution in [2.75, 3.05) is 38.5 Å². The van der Waals surface area contributed by atoms with Crippen molar-refractivity contribution in [1.82, 2.24) is 30.7 Å². The van der Waals surface area contributed by atoms with Crippen LogP contribution in [0.25, 0.3) is 0 Å². The molecule has 6 amide bonds. The van der Waals surface area contributed by atoms with Gasteiger partial charge in [0.2, 0.25) is 17.7 Å². The zero-order valence-corrected chi connectivity index (χ0v) is 49.2. The van der Waals surface area contributed by atoms with Crippen LogP contribution in [0.15, 0.2) is 53.4 Å². The van der Waals surface area contributed by atoms with E-state index in [-0.39, 0.29) is 75.6 Å². The van der Waals surface area contributed by atoms with Crippen molar-refractivity contribution in [3.63, 3.8) is 0 Å². The van der Waals surface area contributed by atoms with Crippen molar-refractivity contribution in [3.05, 3.63) is 70.3 Å². The standard InChI is InChI=1S/C54H71ClN8O15S2/c1-30-14-12-15-39(73-11)54(72)26-38(75-51(71)58-54)32(3)48-53(8,77-48)40(25-45(68)62(10)37-24-35(22-30)23-31(2)47(37)55)76-50(70)34(5)61(9)42(65)19-21-79-80-52(6,7)27-41(64)60-59-33(4)49-56-28-36(29-57-49)74-20-13-16-46(69)78-63-43(66)17-18-44(63)67/h12,14-15,23-24,28-29,32,34,38-40,48,72H,13,16-22,25-27H2,1-11H3,(H,58,71)(H,60,64)/b15-12+,30-14+,59-33+/t32-,34+,38+,39-,40+,48+,53+,54+/m1/s1. The Kier molecular flexibility index (Phi) is 21.4. The summed E-state index contributed by atoms with van der Waals surface area (Å²) in [6.07, 6.45) is 3.82. The van der Waals surface area contributed by atoms with Crippen LogP contribution >= 0.6 is 33.2 Å². The van der Waals surface area contributed by atoms with Crippen molar-refractivity contribution in [1.29, 1.82) is 0 Å². The van der Waals surface area contributed by atoms with Crippen LogP contribution in [-0.2, 0) is 63.8 Å². The Hall–Kier alpha value is -6.12. The average Bonchev–Trinajstić information content (AvgIpc) is 4.01. The molecule has 5 heterocycles. The lowest BCUT2D eigenvalue weighted by Gasteiger charge is -2.42. The van der Waals surface area contributed by atoms with Crippen molar-refractivity contribution in [2.45, 2.75) is 160 Å². The predicted molar refractivity (Wildman–Crippen MR) is 297 cm³/mol. The van der Waals surface area contributed by atoms with Crippen LogP contribution < -0.4 is 20.4 Å². The number of hydrogen-bond acceptors (Lipinski definition) is 20. The van der Waals surface area contributed by atoms with E-state index in [2.05, 4.69) is 25.8 Å². The van der Waals surface area contributed by atoms with Gasteiger partial charge in [-0.3, -0.25) is 29.3 Å². The Morgan fingerprint density at radius 3 is 2.45 bits per heavy atom. The number of aromatic nitrogens is 2. The zero-order chi connectivity index (χ0) is 58.9. The van der Waals surface area contributed by atoms with Crippen LogP contribution in [0.5, 0.6) is 5.75 Å². The molecule has 1 aromatic heterocycles. The minimum Gasteiger partial charge on any atom is -0.490 e. The molecule has 26 heteroatoms. The summed E-state index contributed by atoms with van der Waals surface area (Å²) in [6.45, 7) is 14.3. The highest BCUT2D eigenvalue weighted by molar-refractivity contribution is 8.77. The number of methoxy groups -OCH3 is 1. The molecule has 436 valence electrons. The smallest absolute Gasteiger partial charge is 0.409 e. The van der Waals surface area contributed by atoms with Crippen LogP contribution in [0.3, 0.4) is 0 Å². The van der Waals surface area contributed by atoms with Gasteiger partial charge >= 0.3 is 18.0 Å². The molecule has 3 N–H and O–H groups in total. The molecule has 80 heavy (non-hydrogen) atoms. The second-order valence-corrected chi connectivity index (χ2v) is 24.6. The monoisotopic (exact) mass is 1170 g/mol. The summed E-state index contributed by atoms with van der Waals surface area (Å²) in [4.78, 5) is 119. The van der Waals surface area contributed by atoms with Crippen LogP contribution in [-0.4, -0.2) is 158 Å². The highest BCUT2D eigenvalue weighted by atomic mass is 35.5. The van der Waals surface area contributed by atoms with Crippen molar-refractivity contribution in [3.8, 4) is 5.75 Å². The fraction of sp³-hybridized carbons (Fsp3) is 0.574. The second-order valence-electron chi connectivity index (χ2n) is 21.1. The molecule has 4 aliphatic rings. The number of carbonyl (C=O) groups is 8. The molecule has 3 fully saturated rings. The van der Waals surface area contributed by atoms with Crippen LogP contribution in [0.4, 0.5) is 10.5 Å². The first kappa shape index (κ1) is 63.1. The molecule has 8 atom stereocenters. The van der Waals surface area contributed by atoms with Crippen LogP contribution in [0, 0.1) is 12.8 Å². The molecule has 23 nitrogen and oxygen atoms in total. The van der Waals surface area contributed by atoms with E-state index >= 15 is 0 Å². The number of nitrogens with one attached hydrogen (secondary N) is 2. The summed E-state index contributed by atoms with van der Waals surface area (Å²) in [5.41, 5.74) is 2.74. The number of hydrogen-bond donors (Lipinski definition) is 3. The number of aliphatic hydroxyl groups is 1. The van der Waals surface area contributed by atoms with E-state index in [0.29, 0.717) is 39.4 Å². The first-order valence-corrected chi connectivity index (χ1v) is 28.8. The van der Waals surface area contributed by atoms with Gasteiger partial charge in [-0.1, -0.05) is 70.0 Å². The summed E-state index contributed by atoms with van der Waals surface area (Å²) in [6, 6.07) is 2.68. The van der Waals surface area contributed by atoms with E-state index < -0.39 is 88.2 Å². The number of amides is 6. The summed E-state index contributed by atoms with van der Waals surface area (Å²) >= 11 is 6.84. The number of hydroxylamine groups is 2. The van der Waals surface area contributed by atoms with Crippen molar-refractivity contribution >= 4 is 92.2 Å². The number of carbonyl (C=O) groups excluding carboxylic acids is 8. The third-order valence-electron chi connectivity index (χ3n) is 14.1.